The Kier molecular flexibility index (Phi) is 4.28. The van der Waals surface area contributed by atoms with E-state index in [2.05, 4.69) is 0 Å². The molecule has 102 valence electrons. The molecule has 0 aliphatic rings. The Labute approximate surface area is 120 Å². The molecular formula is C16H9FN2O2. The fraction of sp³-hybridized carbons (Fsp3) is 0.0625. The van der Waals surface area contributed by atoms with Crippen LogP contribution in [0.1, 0.15) is 27.0 Å². The summed E-state index contributed by atoms with van der Waals surface area (Å²) in [5.41, 5.74) is 0.815. The Balaban J connectivity index is 2.13. The van der Waals surface area contributed by atoms with Crippen molar-refractivity contribution < 1.29 is 13.9 Å². The number of nitriles is 2. The number of hydrogen-bond donors (Lipinski definition) is 0. The Morgan fingerprint density at radius 1 is 1.14 bits per heavy atom. The zero-order chi connectivity index (χ0) is 15.2. The molecule has 0 bridgehead atoms. The maximum atomic E-state index is 13.7. The van der Waals surface area contributed by atoms with Crippen LogP contribution in [-0.2, 0) is 11.3 Å². The molecule has 21 heavy (non-hydrogen) atoms. The van der Waals surface area contributed by atoms with Crippen LogP contribution in [-0.4, -0.2) is 5.97 Å². The average molecular weight is 280 g/mol. The molecule has 0 heterocycles. The first-order chi connectivity index (χ1) is 10.2. The van der Waals surface area contributed by atoms with E-state index in [1.807, 2.05) is 6.07 Å². The molecular weight excluding hydrogens is 271 g/mol. The van der Waals surface area contributed by atoms with Crippen molar-refractivity contribution in [2.75, 3.05) is 0 Å². The Morgan fingerprint density at radius 3 is 2.57 bits per heavy atom. The standard InChI is InChI=1S/C16H9FN2O2/c17-15-7-11(8-18)5-6-14(15)16(20)21-10-13-4-2-1-3-12(13)9-19/h1-7H,10H2. The van der Waals surface area contributed by atoms with Crippen molar-refractivity contribution in [2.45, 2.75) is 6.61 Å². The van der Waals surface area contributed by atoms with E-state index in [0.29, 0.717) is 11.1 Å². The van der Waals surface area contributed by atoms with Crippen LogP contribution >= 0.6 is 0 Å². The summed E-state index contributed by atoms with van der Waals surface area (Å²) in [6, 6.07) is 13.9. The fourth-order valence-corrected chi connectivity index (χ4v) is 1.73. The second-order valence-electron chi connectivity index (χ2n) is 4.15. The van der Waals surface area contributed by atoms with Crippen molar-refractivity contribution in [3.05, 3.63) is 70.5 Å². The summed E-state index contributed by atoms with van der Waals surface area (Å²) < 4.78 is 18.7. The van der Waals surface area contributed by atoms with Crippen molar-refractivity contribution in [1.29, 1.82) is 10.5 Å². The highest BCUT2D eigenvalue weighted by Crippen LogP contribution is 2.14. The van der Waals surface area contributed by atoms with Gasteiger partial charge >= 0.3 is 5.97 Å². The maximum absolute atomic E-state index is 13.7. The van der Waals surface area contributed by atoms with Crippen LogP contribution in [0.4, 0.5) is 4.39 Å². The van der Waals surface area contributed by atoms with Gasteiger partial charge in [0.1, 0.15) is 12.4 Å². The van der Waals surface area contributed by atoms with Crippen molar-refractivity contribution in [2.24, 2.45) is 0 Å². The van der Waals surface area contributed by atoms with E-state index in [-0.39, 0.29) is 17.7 Å². The highest BCUT2D eigenvalue weighted by molar-refractivity contribution is 5.89. The number of carbonyl (C=O) groups is 1. The maximum Gasteiger partial charge on any atom is 0.341 e. The SMILES string of the molecule is N#Cc1ccc(C(=O)OCc2ccccc2C#N)c(F)c1. The number of rotatable bonds is 3. The molecule has 0 N–H and O–H groups in total. The van der Waals surface area contributed by atoms with Crippen LogP contribution in [0.2, 0.25) is 0 Å². The quantitative estimate of drug-likeness (QED) is 0.810. The third-order valence-electron chi connectivity index (χ3n) is 2.81. The monoisotopic (exact) mass is 280 g/mol. The molecule has 0 aliphatic carbocycles. The Hall–Kier alpha value is -3.18. The smallest absolute Gasteiger partial charge is 0.341 e. The average Bonchev–Trinajstić information content (AvgIpc) is 2.52. The van der Waals surface area contributed by atoms with Gasteiger partial charge < -0.3 is 4.74 Å². The first-order valence-electron chi connectivity index (χ1n) is 6.00. The minimum absolute atomic E-state index is 0.123. The summed E-state index contributed by atoms with van der Waals surface area (Å²) in [5.74, 6) is -1.66. The largest absolute Gasteiger partial charge is 0.457 e. The van der Waals surface area contributed by atoms with E-state index in [1.165, 1.54) is 12.1 Å². The van der Waals surface area contributed by atoms with Gasteiger partial charge in [-0.05, 0) is 24.3 Å². The minimum Gasteiger partial charge on any atom is -0.457 e. The van der Waals surface area contributed by atoms with Gasteiger partial charge in [-0.1, -0.05) is 18.2 Å². The van der Waals surface area contributed by atoms with E-state index in [9.17, 15) is 9.18 Å². The third kappa shape index (κ3) is 3.23. The van der Waals surface area contributed by atoms with Crippen molar-refractivity contribution in [3.8, 4) is 12.1 Å². The summed E-state index contributed by atoms with van der Waals surface area (Å²) in [4.78, 5) is 11.8. The number of carbonyl (C=O) groups excluding carboxylic acids is 1. The second kappa shape index (κ2) is 6.31. The highest BCUT2D eigenvalue weighted by atomic mass is 19.1. The second-order valence-corrected chi connectivity index (χ2v) is 4.15. The molecule has 2 aromatic carbocycles. The van der Waals surface area contributed by atoms with Crippen molar-refractivity contribution >= 4 is 5.97 Å². The van der Waals surface area contributed by atoms with Gasteiger partial charge in [-0.2, -0.15) is 10.5 Å². The molecule has 0 spiro atoms. The molecule has 2 rings (SSSR count). The summed E-state index contributed by atoms with van der Waals surface area (Å²) in [5, 5.41) is 17.6. The first kappa shape index (κ1) is 14.2. The molecule has 5 heteroatoms. The van der Waals surface area contributed by atoms with Crippen molar-refractivity contribution in [3.63, 3.8) is 0 Å². The van der Waals surface area contributed by atoms with E-state index in [0.717, 1.165) is 6.07 Å². The number of benzene rings is 2. The van der Waals surface area contributed by atoms with Crippen LogP contribution < -0.4 is 0 Å². The molecule has 0 saturated carbocycles. The fourth-order valence-electron chi connectivity index (χ4n) is 1.73. The molecule has 0 fully saturated rings. The Bertz CT molecular complexity index is 773. The van der Waals surface area contributed by atoms with Crippen molar-refractivity contribution in [1.82, 2.24) is 0 Å². The molecule has 4 nitrogen and oxygen atoms in total. The van der Waals surface area contributed by atoms with Gasteiger partial charge in [-0.15, -0.1) is 0 Å². The van der Waals surface area contributed by atoms with Gasteiger partial charge in [0.05, 0.1) is 28.8 Å². The van der Waals surface area contributed by atoms with Crippen LogP contribution in [0.15, 0.2) is 42.5 Å². The molecule has 0 aromatic heterocycles. The lowest BCUT2D eigenvalue weighted by Crippen LogP contribution is -2.08. The molecule has 0 unspecified atom stereocenters. The normalized spacial score (nSPS) is 9.48. The van der Waals surface area contributed by atoms with Gasteiger partial charge in [-0.3, -0.25) is 0 Å². The number of esters is 1. The van der Waals surface area contributed by atoms with Crippen LogP contribution in [0, 0.1) is 28.5 Å². The van der Waals surface area contributed by atoms with E-state index in [4.69, 9.17) is 15.3 Å². The summed E-state index contributed by atoms with van der Waals surface area (Å²) in [6.07, 6.45) is 0. The number of hydrogen-bond acceptors (Lipinski definition) is 4. The van der Waals surface area contributed by atoms with Crippen LogP contribution in [0.25, 0.3) is 0 Å². The lowest BCUT2D eigenvalue weighted by molar-refractivity contribution is 0.0467. The molecule has 0 radical (unpaired) electrons. The van der Waals surface area contributed by atoms with Gasteiger partial charge in [-0.25, -0.2) is 9.18 Å². The third-order valence-corrected chi connectivity index (χ3v) is 2.81. The summed E-state index contributed by atoms with van der Waals surface area (Å²) in [7, 11) is 0. The summed E-state index contributed by atoms with van der Waals surface area (Å²) in [6.45, 7) is -0.123. The predicted octanol–water partition coefficient (Wildman–Crippen LogP) is 2.93. The van der Waals surface area contributed by atoms with E-state index in [1.54, 1.807) is 30.3 Å². The number of halogens is 1. The van der Waals surface area contributed by atoms with Gasteiger partial charge in [0.15, 0.2) is 0 Å². The summed E-state index contributed by atoms with van der Waals surface area (Å²) >= 11 is 0. The lowest BCUT2D eigenvalue weighted by atomic mass is 10.1. The topological polar surface area (TPSA) is 73.9 Å². The first-order valence-corrected chi connectivity index (χ1v) is 6.00. The van der Waals surface area contributed by atoms with Crippen LogP contribution in [0.3, 0.4) is 0 Å². The molecule has 2 aromatic rings. The number of ether oxygens (including phenoxy) is 1. The molecule has 0 amide bonds. The highest BCUT2D eigenvalue weighted by Gasteiger charge is 2.14. The van der Waals surface area contributed by atoms with Crippen LogP contribution in [0.5, 0.6) is 0 Å². The predicted molar refractivity (Wildman–Crippen MR) is 71.4 cm³/mol. The van der Waals surface area contributed by atoms with Gasteiger partial charge in [0.2, 0.25) is 0 Å². The van der Waals surface area contributed by atoms with Gasteiger partial charge in [0.25, 0.3) is 0 Å². The zero-order valence-corrected chi connectivity index (χ0v) is 10.8. The minimum atomic E-state index is -0.843. The molecule has 0 aliphatic heterocycles. The van der Waals surface area contributed by atoms with E-state index >= 15 is 0 Å². The zero-order valence-electron chi connectivity index (χ0n) is 10.8. The van der Waals surface area contributed by atoms with Gasteiger partial charge in [0, 0.05) is 5.56 Å². The molecule has 0 atom stereocenters. The Morgan fingerprint density at radius 2 is 1.90 bits per heavy atom. The van der Waals surface area contributed by atoms with E-state index < -0.39 is 11.8 Å². The molecule has 0 saturated heterocycles. The number of nitrogens with zero attached hydrogens (tertiary/aromatic N) is 2. The lowest BCUT2D eigenvalue weighted by Gasteiger charge is -2.07.